The summed E-state index contributed by atoms with van der Waals surface area (Å²) < 4.78 is 32.8. The normalized spacial score (nSPS) is 19.9. The van der Waals surface area contributed by atoms with Crippen LogP contribution in [0.4, 0.5) is 8.78 Å². The second-order valence-electron chi connectivity index (χ2n) is 4.83. The first-order valence-electron chi connectivity index (χ1n) is 6.49. The largest absolute Gasteiger partial charge is 0.468 e. The quantitative estimate of drug-likeness (QED) is 0.620. The van der Waals surface area contributed by atoms with Crippen molar-refractivity contribution in [2.75, 3.05) is 13.7 Å². The molecule has 110 valence electrons. The lowest BCUT2D eigenvalue weighted by Gasteiger charge is -2.33. The molecular formula is C14H16BrF2NO2. The van der Waals surface area contributed by atoms with E-state index in [9.17, 15) is 13.6 Å². The summed E-state index contributed by atoms with van der Waals surface area (Å²) in [6.45, 7) is 0.696. The topological polar surface area (TPSA) is 29.5 Å². The maximum atomic E-state index is 14.0. The molecule has 0 radical (unpaired) electrons. The Labute approximate surface area is 125 Å². The molecule has 2 rings (SSSR count). The average molecular weight is 348 g/mol. The minimum absolute atomic E-state index is 0.0184. The summed E-state index contributed by atoms with van der Waals surface area (Å²) in [6, 6.07) is 2.13. The van der Waals surface area contributed by atoms with Crippen molar-refractivity contribution in [3.8, 4) is 0 Å². The Morgan fingerprint density at radius 1 is 1.45 bits per heavy atom. The number of carbonyl (C=O) groups is 1. The molecule has 6 heteroatoms. The maximum absolute atomic E-state index is 14.0. The van der Waals surface area contributed by atoms with Crippen LogP contribution in [0.15, 0.2) is 16.6 Å². The van der Waals surface area contributed by atoms with Gasteiger partial charge in [-0.3, -0.25) is 9.69 Å². The van der Waals surface area contributed by atoms with Gasteiger partial charge in [-0.05, 0) is 47.4 Å². The van der Waals surface area contributed by atoms with Crippen molar-refractivity contribution in [3.63, 3.8) is 0 Å². The summed E-state index contributed by atoms with van der Waals surface area (Å²) in [5.41, 5.74) is -0.0184. The average Bonchev–Trinajstić information content (AvgIpc) is 2.47. The van der Waals surface area contributed by atoms with Gasteiger partial charge in [-0.15, -0.1) is 0 Å². The molecule has 1 fully saturated rings. The van der Waals surface area contributed by atoms with Crippen LogP contribution < -0.4 is 0 Å². The van der Waals surface area contributed by atoms with E-state index < -0.39 is 17.7 Å². The highest BCUT2D eigenvalue weighted by atomic mass is 79.9. The van der Waals surface area contributed by atoms with Crippen LogP contribution in [0.2, 0.25) is 0 Å². The Hall–Kier alpha value is -1.01. The summed E-state index contributed by atoms with van der Waals surface area (Å²) in [7, 11) is 1.33. The number of methoxy groups -OCH3 is 1. The Kier molecular flexibility index (Phi) is 5.10. The van der Waals surface area contributed by atoms with Gasteiger partial charge >= 0.3 is 5.97 Å². The Bertz CT molecular complexity index is 510. The molecule has 0 spiro atoms. The molecule has 0 aromatic heterocycles. The van der Waals surface area contributed by atoms with Crippen LogP contribution in [0, 0.1) is 11.6 Å². The number of piperidine rings is 1. The van der Waals surface area contributed by atoms with Gasteiger partial charge in [-0.1, -0.05) is 6.42 Å². The van der Waals surface area contributed by atoms with Gasteiger partial charge in [0.2, 0.25) is 0 Å². The number of ether oxygens (including phenoxy) is 1. The molecule has 1 aromatic rings. The molecule has 1 aromatic carbocycles. The molecule has 0 aliphatic carbocycles. The zero-order valence-corrected chi connectivity index (χ0v) is 12.8. The summed E-state index contributed by atoms with van der Waals surface area (Å²) in [5.74, 6) is -1.56. The molecule has 20 heavy (non-hydrogen) atoms. The minimum Gasteiger partial charge on any atom is -0.468 e. The van der Waals surface area contributed by atoms with Gasteiger partial charge in [0.25, 0.3) is 0 Å². The second-order valence-corrected chi connectivity index (χ2v) is 5.68. The highest BCUT2D eigenvalue weighted by Gasteiger charge is 2.30. The first kappa shape index (κ1) is 15.4. The molecule has 1 saturated heterocycles. The van der Waals surface area contributed by atoms with Gasteiger partial charge < -0.3 is 4.74 Å². The fraction of sp³-hybridized carbons (Fsp3) is 0.500. The monoisotopic (exact) mass is 347 g/mol. The van der Waals surface area contributed by atoms with Gasteiger partial charge in [0.1, 0.15) is 17.7 Å². The number of halogens is 3. The highest BCUT2D eigenvalue weighted by Crippen LogP contribution is 2.26. The molecule has 1 aliphatic rings. The number of esters is 1. The van der Waals surface area contributed by atoms with Crippen molar-refractivity contribution >= 4 is 21.9 Å². The zero-order chi connectivity index (χ0) is 14.7. The van der Waals surface area contributed by atoms with Crippen molar-refractivity contribution < 1.29 is 18.3 Å². The summed E-state index contributed by atoms with van der Waals surface area (Å²) in [4.78, 5) is 13.5. The van der Waals surface area contributed by atoms with Gasteiger partial charge in [0, 0.05) is 12.1 Å². The molecule has 3 nitrogen and oxygen atoms in total. The molecule has 0 unspecified atom stereocenters. The van der Waals surface area contributed by atoms with Gasteiger partial charge in [0.05, 0.1) is 11.6 Å². The van der Waals surface area contributed by atoms with Crippen molar-refractivity contribution in [1.82, 2.24) is 4.90 Å². The number of carbonyl (C=O) groups excluding carboxylic acids is 1. The number of nitrogens with zero attached hydrogens (tertiary/aromatic N) is 1. The van der Waals surface area contributed by atoms with E-state index in [-0.39, 0.29) is 22.6 Å². The smallest absolute Gasteiger partial charge is 0.323 e. The fourth-order valence-corrected chi connectivity index (χ4v) is 2.87. The lowest BCUT2D eigenvalue weighted by molar-refractivity contribution is -0.148. The van der Waals surface area contributed by atoms with Crippen molar-refractivity contribution in [2.45, 2.75) is 31.8 Å². The van der Waals surface area contributed by atoms with E-state index in [1.54, 1.807) is 4.90 Å². The van der Waals surface area contributed by atoms with Crippen LogP contribution in [0.25, 0.3) is 0 Å². The summed E-state index contributed by atoms with van der Waals surface area (Å²) in [6.07, 6.45) is 2.48. The number of rotatable bonds is 3. The Morgan fingerprint density at radius 3 is 2.90 bits per heavy atom. The molecule has 0 amide bonds. The molecule has 0 N–H and O–H groups in total. The second kappa shape index (κ2) is 6.63. The first-order valence-corrected chi connectivity index (χ1v) is 7.28. The third-order valence-corrected chi connectivity index (χ3v) is 4.20. The van der Waals surface area contributed by atoms with Crippen LogP contribution in [-0.4, -0.2) is 30.6 Å². The first-order chi connectivity index (χ1) is 9.54. The third kappa shape index (κ3) is 3.17. The molecular weight excluding hydrogens is 332 g/mol. The predicted molar refractivity (Wildman–Crippen MR) is 74.1 cm³/mol. The van der Waals surface area contributed by atoms with Crippen LogP contribution in [0.5, 0.6) is 0 Å². The molecule has 1 heterocycles. The van der Waals surface area contributed by atoms with Crippen LogP contribution >= 0.6 is 15.9 Å². The highest BCUT2D eigenvalue weighted by molar-refractivity contribution is 9.10. The predicted octanol–water partition coefficient (Wildman–Crippen LogP) is 3.25. The van der Waals surface area contributed by atoms with Crippen LogP contribution in [0.1, 0.15) is 24.8 Å². The number of hydrogen-bond donors (Lipinski definition) is 0. The van der Waals surface area contributed by atoms with Gasteiger partial charge in [-0.25, -0.2) is 8.78 Å². The van der Waals surface area contributed by atoms with E-state index in [1.165, 1.54) is 19.2 Å². The van der Waals surface area contributed by atoms with Crippen LogP contribution in [0.3, 0.4) is 0 Å². The standard InChI is InChI=1S/C14H16BrF2NO2/c1-20-14(19)12-4-2-3-7-18(12)8-9-11(16)6-5-10(15)13(9)17/h5-6,12H,2-4,7-8H2,1H3/t12-/m1/s1. The van der Waals surface area contributed by atoms with E-state index in [2.05, 4.69) is 15.9 Å². The Morgan fingerprint density at radius 2 is 2.20 bits per heavy atom. The molecule has 1 atom stereocenters. The van der Waals surface area contributed by atoms with Gasteiger partial charge in [-0.2, -0.15) is 0 Å². The van der Waals surface area contributed by atoms with Crippen molar-refractivity contribution in [1.29, 1.82) is 0 Å². The summed E-state index contributed by atoms with van der Waals surface area (Å²) >= 11 is 3.05. The molecule has 0 saturated carbocycles. The van der Waals surface area contributed by atoms with E-state index in [0.29, 0.717) is 13.0 Å². The summed E-state index contributed by atoms with van der Waals surface area (Å²) in [5, 5.41) is 0. The van der Waals surface area contributed by atoms with E-state index in [0.717, 1.165) is 12.8 Å². The van der Waals surface area contributed by atoms with Crippen molar-refractivity contribution in [3.05, 3.63) is 33.8 Å². The van der Waals surface area contributed by atoms with E-state index in [1.807, 2.05) is 0 Å². The lowest BCUT2D eigenvalue weighted by atomic mass is 10.0. The molecule has 1 aliphatic heterocycles. The number of likely N-dealkylation sites (tertiary alicyclic amines) is 1. The lowest BCUT2D eigenvalue weighted by Crippen LogP contribution is -2.44. The molecule has 0 bridgehead atoms. The zero-order valence-electron chi connectivity index (χ0n) is 11.2. The fourth-order valence-electron chi connectivity index (χ4n) is 2.50. The SMILES string of the molecule is COC(=O)[C@H]1CCCCN1Cc1c(F)ccc(Br)c1F. The van der Waals surface area contributed by atoms with Gasteiger partial charge in [0.15, 0.2) is 0 Å². The van der Waals surface area contributed by atoms with E-state index >= 15 is 0 Å². The number of benzene rings is 1. The van der Waals surface area contributed by atoms with Crippen LogP contribution in [-0.2, 0) is 16.1 Å². The van der Waals surface area contributed by atoms with E-state index in [4.69, 9.17) is 4.74 Å². The third-order valence-electron chi connectivity index (χ3n) is 3.59. The minimum atomic E-state index is -0.612. The Balaban J connectivity index is 2.23. The number of hydrogen-bond acceptors (Lipinski definition) is 3. The van der Waals surface area contributed by atoms with Crippen molar-refractivity contribution in [2.24, 2.45) is 0 Å². The maximum Gasteiger partial charge on any atom is 0.323 e.